The molecule has 5 rings (SSSR count). The molecular weight excluding hydrogens is 427 g/mol. The van der Waals surface area contributed by atoms with Crippen LogP contribution in [0.5, 0.6) is 0 Å². The predicted octanol–water partition coefficient (Wildman–Crippen LogP) is 5.51. The van der Waals surface area contributed by atoms with Crippen molar-refractivity contribution >= 4 is 17.7 Å². The molecule has 0 bridgehead atoms. The molecule has 0 aliphatic heterocycles. The summed E-state index contributed by atoms with van der Waals surface area (Å²) >= 11 is 6.13. The van der Waals surface area contributed by atoms with Crippen molar-refractivity contribution in [3.05, 3.63) is 88.0 Å². The van der Waals surface area contributed by atoms with Gasteiger partial charge in [-0.05, 0) is 79.3 Å². The standard InChI is InChI=1S/C26H26ClFN2O2/c1-25-13-18-15-29-30(22-7-5-21(28)6-8-22)23(18)12-19(25)9-10-26(25,16-31)14-24(32)17-3-2-4-20(27)11-17/h2-8,11-12,15,24,31-32H,9-10,13-14,16H2,1H3/t24?,25-,26-/m0/s1. The number of benzene rings is 2. The molecule has 1 unspecified atom stereocenters. The molecule has 1 heterocycles. The first-order valence-electron chi connectivity index (χ1n) is 10.9. The van der Waals surface area contributed by atoms with Crippen LogP contribution >= 0.6 is 11.6 Å². The lowest BCUT2D eigenvalue weighted by Gasteiger charge is -2.46. The number of aliphatic hydroxyl groups is 2. The van der Waals surface area contributed by atoms with Gasteiger partial charge in [0.15, 0.2) is 0 Å². The fourth-order valence-electron chi connectivity index (χ4n) is 5.66. The lowest BCUT2D eigenvalue weighted by Crippen LogP contribution is -2.43. The zero-order valence-corrected chi connectivity index (χ0v) is 18.7. The molecule has 2 aliphatic carbocycles. The van der Waals surface area contributed by atoms with Crippen molar-refractivity contribution in [2.75, 3.05) is 6.61 Å². The van der Waals surface area contributed by atoms with E-state index < -0.39 is 11.5 Å². The molecule has 4 nitrogen and oxygen atoms in total. The Hall–Kier alpha value is -2.47. The zero-order chi connectivity index (χ0) is 22.5. The van der Waals surface area contributed by atoms with Crippen LogP contribution in [0, 0.1) is 16.6 Å². The second-order valence-electron chi connectivity index (χ2n) is 9.34. The smallest absolute Gasteiger partial charge is 0.123 e. The Bertz CT molecular complexity index is 1190. The zero-order valence-electron chi connectivity index (χ0n) is 17.9. The van der Waals surface area contributed by atoms with Crippen LogP contribution in [0.3, 0.4) is 0 Å². The number of hydrogen-bond donors (Lipinski definition) is 2. The second kappa shape index (κ2) is 7.84. The molecule has 1 saturated carbocycles. The minimum atomic E-state index is -0.708. The maximum Gasteiger partial charge on any atom is 0.123 e. The van der Waals surface area contributed by atoms with Gasteiger partial charge in [0.25, 0.3) is 0 Å². The van der Waals surface area contributed by atoms with Gasteiger partial charge in [0.2, 0.25) is 0 Å². The molecule has 166 valence electrons. The number of rotatable bonds is 5. The van der Waals surface area contributed by atoms with Crippen molar-refractivity contribution in [3.63, 3.8) is 0 Å². The summed E-state index contributed by atoms with van der Waals surface area (Å²) < 4.78 is 15.2. The third kappa shape index (κ3) is 3.31. The van der Waals surface area contributed by atoms with Gasteiger partial charge in [-0.2, -0.15) is 5.10 Å². The average molecular weight is 453 g/mol. The first-order valence-corrected chi connectivity index (χ1v) is 11.3. The Balaban J connectivity index is 1.49. The average Bonchev–Trinajstić information content (AvgIpc) is 3.30. The quantitative estimate of drug-likeness (QED) is 0.537. The highest BCUT2D eigenvalue weighted by molar-refractivity contribution is 6.30. The van der Waals surface area contributed by atoms with Crippen LogP contribution in [0.2, 0.25) is 5.02 Å². The normalized spacial score (nSPS) is 25.2. The lowest BCUT2D eigenvalue weighted by molar-refractivity contribution is -0.0138. The number of hydrogen-bond acceptors (Lipinski definition) is 3. The van der Waals surface area contributed by atoms with Gasteiger partial charge in [-0.15, -0.1) is 0 Å². The monoisotopic (exact) mass is 452 g/mol. The SMILES string of the molecule is C[C@]12Cc3cnn(-c4ccc(F)cc4)c3C=C1CC[C@@]2(CO)CC(O)c1cccc(Cl)c1. The van der Waals surface area contributed by atoms with E-state index >= 15 is 0 Å². The van der Waals surface area contributed by atoms with E-state index in [1.165, 1.54) is 17.7 Å². The summed E-state index contributed by atoms with van der Waals surface area (Å²) in [5.74, 6) is -0.275. The Morgan fingerprint density at radius 2 is 2.00 bits per heavy atom. The van der Waals surface area contributed by atoms with Gasteiger partial charge < -0.3 is 10.2 Å². The van der Waals surface area contributed by atoms with Crippen LogP contribution in [-0.4, -0.2) is 26.6 Å². The van der Waals surface area contributed by atoms with Crippen LogP contribution in [0.15, 0.2) is 60.3 Å². The molecule has 6 heteroatoms. The van der Waals surface area contributed by atoms with Crippen LogP contribution in [0.4, 0.5) is 4.39 Å². The van der Waals surface area contributed by atoms with E-state index in [2.05, 4.69) is 18.1 Å². The molecule has 0 spiro atoms. The highest BCUT2D eigenvalue weighted by Gasteiger charge is 2.56. The Labute approximate surface area is 192 Å². The molecule has 2 aliphatic rings. The van der Waals surface area contributed by atoms with Crippen LogP contribution in [-0.2, 0) is 6.42 Å². The van der Waals surface area contributed by atoms with Crippen LogP contribution in [0.25, 0.3) is 11.8 Å². The Morgan fingerprint density at radius 3 is 2.72 bits per heavy atom. The summed E-state index contributed by atoms with van der Waals surface area (Å²) in [5, 5.41) is 26.8. The summed E-state index contributed by atoms with van der Waals surface area (Å²) in [6.07, 6.45) is 6.19. The van der Waals surface area contributed by atoms with E-state index in [0.717, 1.165) is 41.8 Å². The fourth-order valence-corrected chi connectivity index (χ4v) is 5.86. The van der Waals surface area contributed by atoms with Crippen molar-refractivity contribution < 1.29 is 14.6 Å². The maximum atomic E-state index is 13.4. The Morgan fingerprint density at radius 1 is 1.22 bits per heavy atom. The minimum Gasteiger partial charge on any atom is -0.396 e. The van der Waals surface area contributed by atoms with Crippen molar-refractivity contribution in [1.29, 1.82) is 0 Å². The molecule has 2 N–H and O–H groups in total. The van der Waals surface area contributed by atoms with Gasteiger partial charge in [0.1, 0.15) is 5.82 Å². The summed E-state index contributed by atoms with van der Waals surface area (Å²) in [6, 6.07) is 13.6. The molecule has 3 aromatic rings. The first kappa shape index (κ1) is 21.4. The second-order valence-corrected chi connectivity index (χ2v) is 9.77. The molecular formula is C26H26ClFN2O2. The maximum absolute atomic E-state index is 13.4. The number of halogens is 2. The molecule has 0 radical (unpaired) electrons. The topological polar surface area (TPSA) is 58.3 Å². The largest absolute Gasteiger partial charge is 0.396 e. The third-order valence-electron chi connectivity index (χ3n) is 7.68. The summed E-state index contributed by atoms with van der Waals surface area (Å²) in [5.41, 5.74) is 4.22. The molecule has 1 aromatic heterocycles. The van der Waals surface area contributed by atoms with Crippen molar-refractivity contribution in [3.8, 4) is 5.69 Å². The van der Waals surface area contributed by atoms with Crippen molar-refractivity contribution in [2.24, 2.45) is 10.8 Å². The first-order chi connectivity index (χ1) is 15.3. The van der Waals surface area contributed by atoms with E-state index in [-0.39, 0.29) is 17.8 Å². The third-order valence-corrected chi connectivity index (χ3v) is 7.92. The predicted molar refractivity (Wildman–Crippen MR) is 123 cm³/mol. The number of fused-ring (bicyclic) bond motifs is 2. The minimum absolute atomic E-state index is 0.000101. The summed E-state index contributed by atoms with van der Waals surface area (Å²) in [6.45, 7) is 2.20. The molecule has 32 heavy (non-hydrogen) atoms. The van der Waals surface area contributed by atoms with E-state index in [1.54, 1.807) is 24.3 Å². The molecule has 2 aromatic carbocycles. The van der Waals surface area contributed by atoms with Gasteiger partial charge in [-0.3, -0.25) is 0 Å². The molecule has 1 fully saturated rings. The van der Waals surface area contributed by atoms with Crippen LogP contribution < -0.4 is 0 Å². The van der Waals surface area contributed by atoms with Gasteiger partial charge in [0, 0.05) is 22.5 Å². The van der Waals surface area contributed by atoms with Gasteiger partial charge in [-0.25, -0.2) is 9.07 Å². The number of aromatic nitrogens is 2. The highest BCUT2D eigenvalue weighted by Crippen LogP contribution is 2.62. The van der Waals surface area contributed by atoms with Crippen molar-refractivity contribution in [2.45, 2.75) is 38.7 Å². The van der Waals surface area contributed by atoms with E-state index in [0.29, 0.717) is 11.4 Å². The Kier molecular flexibility index (Phi) is 5.24. The number of aliphatic hydroxyl groups excluding tert-OH is 2. The van der Waals surface area contributed by atoms with E-state index in [9.17, 15) is 14.6 Å². The van der Waals surface area contributed by atoms with Gasteiger partial charge in [-0.1, -0.05) is 36.2 Å². The van der Waals surface area contributed by atoms with Gasteiger partial charge >= 0.3 is 0 Å². The number of allylic oxidation sites excluding steroid dienone is 1. The lowest BCUT2D eigenvalue weighted by atomic mass is 9.59. The molecule has 0 saturated heterocycles. The fraction of sp³-hybridized carbons (Fsp3) is 0.346. The van der Waals surface area contributed by atoms with Crippen LogP contribution in [0.1, 0.15) is 49.1 Å². The number of nitrogens with zero attached hydrogens (tertiary/aromatic N) is 2. The van der Waals surface area contributed by atoms with Gasteiger partial charge in [0.05, 0.1) is 23.7 Å². The molecule has 3 atom stereocenters. The van der Waals surface area contributed by atoms with E-state index in [1.807, 2.05) is 23.0 Å². The highest BCUT2D eigenvalue weighted by atomic mass is 35.5. The van der Waals surface area contributed by atoms with Crippen molar-refractivity contribution in [1.82, 2.24) is 9.78 Å². The molecule has 0 amide bonds. The van der Waals surface area contributed by atoms with E-state index in [4.69, 9.17) is 11.6 Å². The summed E-state index contributed by atoms with van der Waals surface area (Å²) in [4.78, 5) is 0. The summed E-state index contributed by atoms with van der Waals surface area (Å²) in [7, 11) is 0.